The average Bonchev–Trinajstić information content (AvgIpc) is 2.59. The van der Waals surface area contributed by atoms with Gasteiger partial charge in [-0.25, -0.2) is 4.39 Å². The van der Waals surface area contributed by atoms with E-state index in [1.165, 1.54) is 24.0 Å². The van der Waals surface area contributed by atoms with E-state index in [4.69, 9.17) is 4.74 Å². The lowest BCUT2D eigenvalue weighted by atomic mass is 9.97. The quantitative estimate of drug-likeness (QED) is 0.928. The smallest absolute Gasteiger partial charge is 0.227 e. The average molecular weight is 342 g/mol. The maximum atomic E-state index is 14.5. The lowest BCUT2D eigenvalue weighted by Gasteiger charge is -2.31. The van der Waals surface area contributed by atoms with E-state index in [1.807, 2.05) is 12.1 Å². The van der Waals surface area contributed by atoms with Gasteiger partial charge in [0.15, 0.2) is 0 Å². The van der Waals surface area contributed by atoms with Crippen molar-refractivity contribution in [3.05, 3.63) is 53.3 Å². The Hall–Kier alpha value is -2.89. The van der Waals surface area contributed by atoms with Crippen LogP contribution < -0.4 is 15.0 Å². The molecule has 3 rings (SSSR count). The minimum atomic E-state index is -0.467. The molecule has 0 aliphatic carbocycles. The van der Waals surface area contributed by atoms with Crippen LogP contribution in [-0.2, 0) is 22.6 Å². The summed E-state index contributed by atoms with van der Waals surface area (Å²) in [7, 11) is 1.58. The second kappa shape index (κ2) is 6.93. The van der Waals surface area contributed by atoms with Crippen LogP contribution in [0.4, 0.5) is 15.8 Å². The Morgan fingerprint density at radius 1 is 1.20 bits per heavy atom. The number of hydrogen-bond acceptors (Lipinski definition) is 3. The van der Waals surface area contributed by atoms with Crippen LogP contribution in [0.1, 0.15) is 24.5 Å². The highest BCUT2D eigenvalue weighted by Gasteiger charge is 2.29. The van der Waals surface area contributed by atoms with Gasteiger partial charge in [0.25, 0.3) is 0 Å². The highest BCUT2D eigenvalue weighted by molar-refractivity contribution is 5.99. The largest absolute Gasteiger partial charge is 0.497 e. The summed E-state index contributed by atoms with van der Waals surface area (Å²) >= 11 is 0. The van der Waals surface area contributed by atoms with Crippen LogP contribution in [-0.4, -0.2) is 18.9 Å². The molecule has 5 nitrogen and oxygen atoms in total. The van der Waals surface area contributed by atoms with E-state index >= 15 is 0 Å². The highest BCUT2D eigenvalue weighted by atomic mass is 19.1. The molecule has 0 radical (unpaired) electrons. The number of halogens is 1. The zero-order valence-corrected chi connectivity index (χ0v) is 14.1. The number of hydrogen-bond donors (Lipinski definition) is 1. The minimum Gasteiger partial charge on any atom is -0.497 e. The number of carbonyl (C=O) groups is 2. The third kappa shape index (κ3) is 3.47. The summed E-state index contributed by atoms with van der Waals surface area (Å²) < 4.78 is 19.6. The van der Waals surface area contributed by atoms with Crippen LogP contribution in [0, 0.1) is 5.82 Å². The van der Waals surface area contributed by atoms with Crippen molar-refractivity contribution in [2.24, 2.45) is 0 Å². The molecule has 1 aliphatic heterocycles. The molecule has 0 aromatic heterocycles. The third-order valence-corrected chi connectivity index (χ3v) is 4.20. The Balaban J connectivity index is 1.98. The van der Waals surface area contributed by atoms with Gasteiger partial charge in [0.2, 0.25) is 11.8 Å². The number of amides is 2. The molecule has 130 valence electrons. The Bertz CT molecular complexity index is 818. The number of anilines is 2. The lowest BCUT2D eigenvalue weighted by Crippen LogP contribution is -2.35. The first kappa shape index (κ1) is 17.0. The number of rotatable bonds is 4. The van der Waals surface area contributed by atoms with Crippen molar-refractivity contribution in [3.63, 3.8) is 0 Å². The Morgan fingerprint density at radius 2 is 1.92 bits per heavy atom. The van der Waals surface area contributed by atoms with Crippen molar-refractivity contribution < 1.29 is 18.7 Å². The molecule has 0 atom stereocenters. The van der Waals surface area contributed by atoms with Gasteiger partial charge in [-0.1, -0.05) is 12.1 Å². The number of nitrogens with one attached hydrogen (secondary N) is 1. The summed E-state index contributed by atoms with van der Waals surface area (Å²) in [6.45, 7) is 1.66. The topological polar surface area (TPSA) is 58.6 Å². The standard InChI is InChI=1S/C19H19FN2O3/c1-12(23)21-17-9-8-16(20)19-15(17)7-10-18(24)22(19)11-13-3-5-14(25-2)6-4-13/h3-6,8-9H,7,10-11H2,1-2H3,(H,21,23). The molecular formula is C19H19FN2O3. The fourth-order valence-electron chi connectivity index (χ4n) is 3.03. The molecule has 0 saturated carbocycles. The molecule has 0 fully saturated rings. The van der Waals surface area contributed by atoms with Crippen molar-refractivity contribution in [3.8, 4) is 5.75 Å². The number of nitrogens with zero attached hydrogens (tertiary/aromatic N) is 1. The number of benzene rings is 2. The molecule has 0 saturated heterocycles. The van der Waals surface area contributed by atoms with Crippen molar-refractivity contribution in [2.75, 3.05) is 17.3 Å². The van der Waals surface area contributed by atoms with Gasteiger partial charge in [-0.2, -0.15) is 0 Å². The summed E-state index contributed by atoms with van der Waals surface area (Å²) in [5, 5.41) is 2.71. The van der Waals surface area contributed by atoms with Crippen LogP contribution in [0.15, 0.2) is 36.4 Å². The van der Waals surface area contributed by atoms with Gasteiger partial charge < -0.3 is 15.0 Å². The SMILES string of the molecule is COc1ccc(CN2C(=O)CCc3c(NC(C)=O)ccc(F)c32)cc1. The molecule has 0 spiro atoms. The van der Waals surface area contributed by atoms with E-state index in [0.717, 1.165) is 5.56 Å². The molecule has 2 aromatic carbocycles. The molecule has 0 unspecified atom stereocenters. The Morgan fingerprint density at radius 3 is 2.56 bits per heavy atom. The van der Waals surface area contributed by atoms with E-state index in [9.17, 15) is 14.0 Å². The van der Waals surface area contributed by atoms with E-state index in [2.05, 4.69) is 5.32 Å². The number of carbonyl (C=O) groups excluding carboxylic acids is 2. The number of methoxy groups -OCH3 is 1. The fraction of sp³-hybridized carbons (Fsp3) is 0.263. The molecule has 2 amide bonds. The van der Waals surface area contributed by atoms with Crippen molar-refractivity contribution in [2.45, 2.75) is 26.3 Å². The van der Waals surface area contributed by atoms with E-state index in [1.54, 1.807) is 19.2 Å². The van der Waals surface area contributed by atoms with Crippen molar-refractivity contribution in [1.29, 1.82) is 0 Å². The van der Waals surface area contributed by atoms with Gasteiger partial charge in [-0.15, -0.1) is 0 Å². The number of fused-ring (bicyclic) bond motifs is 1. The summed E-state index contributed by atoms with van der Waals surface area (Å²) in [6.07, 6.45) is 0.680. The first-order valence-electron chi connectivity index (χ1n) is 8.02. The van der Waals surface area contributed by atoms with Gasteiger partial charge in [0.1, 0.15) is 11.6 Å². The monoisotopic (exact) mass is 342 g/mol. The molecule has 1 N–H and O–H groups in total. The van der Waals surface area contributed by atoms with Crippen LogP contribution in [0.25, 0.3) is 0 Å². The zero-order valence-electron chi connectivity index (χ0n) is 14.1. The molecular weight excluding hydrogens is 323 g/mol. The molecule has 25 heavy (non-hydrogen) atoms. The van der Waals surface area contributed by atoms with Crippen LogP contribution in [0.2, 0.25) is 0 Å². The summed E-state index contributed by atoms with van der Waals surface area (Å²) in [6, 6.07) is 10.1. The van der Waals surface area contributed by atoms with E-state index < -0.39 is 5.82 Å². The van der Waals surface area contributed by atoms with Crippen LogP contribution in [0.3, 0.4) is 0 Å². The fourth-order valence-corrected chi connectivity index (χ4v) is 3.03. The van der Waals surface area contributed by atoms with Crippen LogP contribution in [0.5, 0.6) is 5.75 Å². The normalized spacial score (nSPS) is 13.4. The second-order valence-corrected chi connectivity index (χ2v) is 5.93. The maximum Gasteiger partial charge on any atom is 0.227 e. The minimum absolute atomic E-state index is 0.137. The third-order valence-electron chi connectivity index (χ3n) is 4.20. The van der Waals surface area contributed by atoms with Gasteiger partial charge in [-0.05, 0) is 36.2 Å². The summed E-state index contributed by atoms with van der Waals surface area (Å²) in [5.41, 5.74) is 2.32. The van der Waals surface area contributed by atoms with E-state index in [0.29, 0.717) is 23.4 Å². The predicted octanol–water partition coefficient (Wildman–Crippen LogP) is 3.27. The van der Waals surface area contributed by atoms with Gasteiger partial charge in [-0.3, -0.25) is 9.59 Å². The summed E-state index contributed by atoms with van der Waals surface area (Å²) in [5.74, 6) is -0.117. The van der Waals surface area contributed by atoms with Gasteiger partial charge >= 0.3 is 0 Å². The molecule has 6 heteroatoms. The van der Waals surface area contributed by atoms with Gasteiger partial charge in [0.05, 0.1) is 19.3 Å². The van der Waals surface area contributed by atoms with Crippen molar-refractivity contribution >= 4 is 23.2 Å². The molecule has 1 aliphatic rings. The highest BCUT2D eigenvalue weighted by Crippen LogP contribution is 2.36. The predicted molar refractivity (Wildman–Crippen MR) is 93.2 cm³/mol. The Kier molecular flexibility index (Phi) is 4.70. The summed E-state index contributed by atoms with van der Waals surface area (Å²) in [4.78, 5) is 25.2. The maximum absolute atomic E-state index is 14.5. The molecule has 1 heterocycles. The molecule has 2 aromatic rings. The lowest BCUT2D eigenvalue weighted by molar-refractivity contribution is -0.119. The first-order chi connectivity index (χ1) is 12.0. The molecule has 0 bridgehead atoms. The first-order valence-corrected chi connectivity index (χ1v) is 8.02. The van der Waals surface area contributed by atoms with E-state index in [-0.39, 0.29) is 30.5 Å². The van der Waals surface area contributed by atoms with Crippen LogP contribution >= 0.6 is 0 Å². The van der Waals surface area contributed by atoms with Gasteiger partial charge in [0, 0.05) is 24.6 Å². The second-order valence-electron chi connectivity index (χ2n) is 5.93. The number of ether oxygens (including phenoxy) is 1. The zero-order chi connectivity index (χ0) is 18.0. The Labute approximate surface area is 145 Å². The van der Waals surface area contributed by atoms with Crippen molar-refractivity contribution in [1.82, 2.24) is 0 Å².